The molecule has 23 heavy (non-hydrogen) atoms. The largest absolute Gasteiger partial charge is 0.339 e. The second-order valence-electron chi connectivity index (χ2n) is 5.02. The molecule has 0 bridgehead atoms. The Morgan fingerprint density at radius 1 is 1.09 bits per heavy atom. The summed E-state index contributed by atoms with van der Waals surface area (Å²) in [6, 6.07) is 14.0. The van der Waals surface area contributed by atoms with E-state index >= 15 is 0 Å². The number of pyridine rings is 1. The van der Waals surface area contributed by atoms with Crippen LogP contribution in [0.3, 0.4) is 0 Å². The topological polar surface area (TPSA) is 86.5 Å². The Labute approximate surface area is 134 Å². The molecule has 7 heteroatoms. The molecule has 3 aromatic heterocycles. The molecule has 0 fully saturated rings. The average molecular weight is 323 g/mol. The molecule has 0 aliphatic heterocycles. The van der Waals surface area contributed by atoms with Crippen molar-refractivity contribution < 1.29 is 4.21 Å². The minimum Gasteiger partial charge on any atom is -0.339 e. The van der Waals surface area contributed by atoms with Crippen LogP contribution in [-0.4, -0.2) is 24.4 Å². The number of aromatic amines is 2. The van der Waals surface area contributed by atoms with Crippen LogP contribution >= 0.6 is 0 Å². The molecular weight excluding hydrogens is 310 g/mol. The second kappa shape index (κ2) is 5.69. The van der Waals surface area contributed by atoms with E-state index < -0.39 is 11.0 Å². The number of nitrogens with one attached hydrogen (secondary N) is 3. The number of anilines is 1. The summed E-state index contributed by atoms with van der Waals surface area (Å²) in [5, 5.41) is 7.39. The van der Waals surface area contributed by atoms with Crippen LogP contribution in [0.25, 0.3) is 22.3 Å². The van der Waals surface area contributed by atoms with Gasteiger partial charge in [0, 0.05) is 17.3 Å². The van der Waals surface area contributed by atoms with Gasteiger partial charge in [-0.3, -0.25) is 9.82 Å². The van der Waals surface area contributed by atoms with E-state index in [4.69, 9.17) is 0 Å². The molecule has 0 aliphatic rings. The van der Waals surface area contributed by atoms with Crippen LogP contribution in [0.15, 0.2) is 66.0 Å². The lowest BCUT2D eigenvalue weighted by molar-refractivity contribution is 0.686. The minimum atomic E-state index is -1.37. The zero-order valence-corrected chi connectivity index (χ0v) is 12.8. The van der Waals surface area contributed by atoms with Crippen molar-refractivity contribution in [1.29, 1.82) is 0 Å². The van der Waals surface area contributed by atoms with E-state index in [1.54, 1.807) is 12.4 Å². The van der Waals surface area contributed by atoms with Crippen molar-refractivity contribution in [2.45, 2.75) is 4.90 Å². The number of nitrogens with zero attached hydrogens (tertiary/aromatic N) is 2. The molecule has 0 spiro atoms. The third-order valence-corrected chi connectivity index (χ3v) is 4.53. The van der Waals surface area contributed by atoms with Crippen LogP contribution in [0.4, 0.5) is 5.69 Å². The van der Waals surface area contributed by atoms with Crippen molar-refractivity contribution in [1.82, 2.24) is 20.2 Å². The first-order chi connectivity index (χ1) is 11.3. The standard InChI is InChI=1S/C16H13N5OS/c22-23(14-9-18-19-10-14)21-13-6-12-7-15(20-16(12)17-8-13)11-4-2-1-3-5-11/h1-10,21H,(H,17,20)(H,18,19). The first kappa shape index (κ1) is 13.7. The smallest absolute Gasteiger partial charge is 0.153 e. The molecular formula is C16H13N5OS. The highest BCUT2D eigenvalue weighted by atomic mass is 32.2. The molecule has 3 heterocycles. The molecule has 0 saturated heterocycles. The maximum Gasteiger partial charge on any atom is 0.153 e. The molecule has 0 saturated carbocycles. The first-order valence-electron chi connectivity index (χ1n) is 7.01. The predicted octanol–water partition coefficient (Wildman–Crippen LogP) is 3.09. The fraction of sp³-hybridized carbons (Fsp3) is 0. The van der Waals surface area contributed by atoms with Gasteiger partial charge in [0.25, 0.3) is 0 Å². The fourth-order valence-corrected chi connectivity index (χ4v) is 3.10. The zero-order valence-electron chi connectivity index (χ0n) is 12.0. The van der Waals surface area contributed by atoms with Crippen LogP contribution in [0.2, 0.25) is 0 Å². The molecule has 4 rings (SSSR count). The van der Waals surface area contributed by atoms with Crippen LogP contribution in [0.1, 0.15) is 0 Å². The number of hydrogen-bond donors (Lipinski definition) is 3. The van der Waals surface area contributed by atoms with Crippen LogP contribution in [-0.2, 0) is 11.0 Å². The lowest BCUT2D eigenvalue weighted by Gasteiger charge is -2.03. The van der Waals surface area contributed by atoms with Gasteiger partial charge in [0.15, 0.2) is 11.0 Å². The molecule has 1 atom stereocenters. The van der Waals surface area contributed by atoms with Gasteiger partial charge < -0.3 is 4.98 Å². The number of benzene rings is 1. The Morgan fingerprint density at radius 2 is 1.96 bits per heavy atom. The van der Waals surface area contributed by atoms with Crippen molar-refractivity contribution in [2.24, 2.45) is 0 Å². The van der Waals surface area contributed by atoms with Crippen LogP contribution < -0.4 is 4.72 Å². The second-order valence-corrected chi connectivity index (χ2v) is 6.23. The molecule has 1 unspecified atom stereocenters. The van der Waals surface area contributed by atoms with E-state index in [1.807, 2.05) is 42.5 Å². The summed E-state index contributed by atoms with van der Waals surface area (Å²) in [7, 11) is -1.37. The maximum absolute atomic E-state index is 12.1. The van der Waals surface area contributed by atoms with E-state index in [0.29, 0.717) is 10.6 Å². The highest BCUT2D eigenvalue weighted by Crippen LogP contribution is 2.25. The quantitative estimate of drug-likeness (QED) is 0.539. The van der Waals surface area contributed by atoms with E-state index in [9.17, 15) is 4.21 Å². The van der Waals surface area contributed by atoms with Crippen molar-refractivity contribution >= 4 is 27.7 Å². The Kier molecular flexibility index (Phi) is 3.39. The van der Waals surface area contributed by atoms with Crippen molar-refractivity contribution in [3.8, 4) is 11.3 Å². The Morgan fingerprint density at radius 3 is 2.74 bits per heavy atom. The summed E-state index contributed by atoms with van der Waals surface area (Å²) in [6.07, 6.45) is 4.78. The number of aromatic nitrogens is 4. The van der Waals surface area contributed by atoms with E-state index in [1.165, 1.54) is 6.20 Å². The molecule has 0 amide bonds. The molecule has 1 aromatic carbocycles. The Bertz CT molecular complexity index is 963. The summed E-state index contributed by atoms with van der Waals surface area (Å²) < 4.78 is 15.1. The maximum atomic E-state index is 12.1. The monoisotopic (exact) mass is 323 g/mol. The summed E-state index contributed by atoms with van der Waals surface area (Å²) >= 11 is 0. The van der Waals surface area contributed by atoms with Gasteiger partial charge in [-0.15, -0.1) is 0 Å². The first-order valence-corrected chi connectivity index (χ1v) is 8.16. The lowest BCUT2D eigenvalue weighted by Crippen LogP contribution is -2.03. The van der Waals surface area contributed by atoms with Gasteiger partial charge >= 0.3 is 0 Å². The van der Waals surface area contributed by atoms with Gasteiger partial charge in [0.1, 0.15) is 5.65 Å². The van der Waals surface area contributed by atoms with E-state index in [-0.39, 0.29) is 0 Å². The van der Waals surface area contributed by atoms with Gasteiger partial charge in [-0.2, -0.15) is 5.10 Å². The van der Waals surface area contributed by atoms with Crippen LogP contribution in [0.5, 0.6) is 0 Å². The van der Waals surface area contributed by atoms with E-state index in [2.05, 4.69) is 24.9 Å². The van der Waals surface area contributed by atoms with Crippen LogP contribution in [0, 0.1) is 0 Å². The minimum absolute atomic E-state index is 0.587. The third-order valence-electron chi connectivity index (χ3n) is 3.45. The number of H-pyrrole nitrogens is 2. The summed E-state index contributed by atoms with van der Waals surface area (Å²) in [5.41, 5.74) is 3.59. The predicted molar refractivity (Wildman–Crippen MR) is 90.1 cm³/mol. The molecule has 0 aliphatic carbocycles. The molecule has 4 aromatic rings. The van der Waals surface area contributed by atoms with Gasteiger partial charge in [0.05, 0.1) is 23.0 Å². The molecule has 0 radical (unpaired) electrons. The van der Waals surface area contributed by atoms with Crippen molar-refractivity contribution in [3.63, 3.8) is 0 Å². The fourth-order valence-electron chi connectivity index (χ4n) is 2.35. The van der Waals surface area contributed by atoms with Gasteiger partial charge in [-0.05, 0) is 17.7 Å². The average Bonchev–Trinajstić information content (AvgIpc) is 3.25. The summed E-state index contributed by atoms with van der Waals surface area (Å²) in [4.78, 5) is 8.26. The number of rotatable bonds is 4. The number of fused-ring (bicyclic) bond motifs is 1. The highest BCUT2D eigenvalue weighted by Gasteiger charge is 2.08. The summed E-state index contributed by atoms with van der Waals surface area (Å²) in [5.74, 6) is 0. The van der Waals surface area contributed by atoms with Gasteiger partial charge in [0.2, 0.25) is 0 Å². The lowest BCUT2D eigenvalue weighted by atomic mass is 10.1. The van der Waals surface area contributed by atoms with E-state index in [0.717, 1.165) is 22.3 Å². The van der Waals surface area contributed by atoms with Gasteiger partial charge in [-0.25, -0.2) is 9.19 Å². The SMILES string of the molecule is O=S(Nc1cnc2[nH]c(-c3ccccc3)cc2c1)c1cn[nH]c1. The van der Waals surface area contributed by atoms with Crippen molar-refractivity contribution in [2.75, 3.05) is 4.72 Å². The number of hydrogen-bond acceptors (Lipinski definition) is 3. The summed E-state index contributed by atoms with van der Waals surface area (Å²) in [6.45, 7) is 0. The van der Waals surface area contributed by atoms with Gasteiger partial charge in [-0.1, -0.05) is 30.3 Å². The third kappa shape index (κ3) is 2.74. The molecule has 6 nitrogen and oxygen atoms in total. The molecule has 3 N–H and O–H groups in total. The highest BCUT2D eigenvalue weighted by molar-refractivity contribution is 7.86. The Hall–Kier alpha value is -2.93. The van der Waals surface area contributed by atoms with Crippen molar-refractivity contribution in [3.05, 3.63) is 61.1 Å². The Balaban J connectivity index is 1.64. The molecule has 114 valence electrons. The zero-order chi connectivity index (χ0) is 15.6. The normalized spacial score (nSPS) is 12.3.